The van der Waals surface area contributed by atoms with Crippen molar-refractivity contribution in [3.63, 3.8) is 0 Å². The molecular formula is C27H44O. The van der Waals surface area contributed by atoms with E-state index in [0.717, 1.165) is 37.0 Å². The molecule has 1 heteroatoms. The van der Waals surface area contributed by atoms with Crippen LogP contribution in [-0.4, -0.2) is 6.61 Å². The lowest BCUT2D eigenvalue weighted by atomic mass is 9.79. The number of hydrogen-bond acceptors (Lipinski definition) is 1. The Balaban J connectivity index is 1.56. The van der Waals surface area contributed by atoms with Crippen molar-refractivity contribution in [3.8, 4) is 5.75 Å². The monoisotopic (exact) mass is 384 g/mol. The van der Waals surface area contributed by atoms with E-state index in [1.54, 1.807) is 0 Å². The summed E-state index contributed by atoms with van der Waals surface area (Å²) in [7, 11) is 0. The van der Waals surface area contributed by atoms with Gasteiger partial charge in [0.25, 0.3) is 0 Å². The highest BCUT2D eigenvalue weighted by Gasteiger charge is 2.18. The van der Waals surface area contributed by atoms with Gasteiger partial charge in [-0.2, -0.15) is 0 Å². The molecule has 0 bridgehead atoms. The first-order valence-corrected chi connectivity index (χ1v) is 12.2. The molecule has 0 saturated heterocycles. The predicted octanol–water partition coefficient (Wildman–Crippen LogP) is 8.52. The maximum Gasteiger partial charge on any atom is 0.119 e. The predicted molar refractivity (Wildman–Crippen MR) is 123 cm³/mol. The van der Waals surface area contributed by atoms with Gasteiger partial charge in [0.2, 0.25) is 0 Å². The molecule has 158 valence electrons. The Morgan fingerprint density at radius 3 is 2.29 bits per heavy atom. The van der Waals surface area contributed by atoms with Crippen LogP contribution in [-0.2, 0) is 6.42 Å². The molecule has 0 heterocycles. The molecule has 0 N–H and O–H groups in total. The van der Waals surface area contributed by atoms with Gasteiger partial charge >= 0.3 is 0 Å². The lowest BCUT2D eigenvalue weighted by molar-refractivity contribution is 0.289. The fraction of sp³-hybridized carbons (Fsp3) is 0.704. The second-order valence-electron chi connectivity index (χ2n) is 8.80. The minimum atomic E-state index is 0.839. The molecule has 1 fully saturated rings. The van der Waals surface area contributed by atoms with Gasteiger partial charge in [-0.05, 0) is 74.5 Å². The van der Waals surface area contributed by atoms with E-state index in [1.165, 1.54) is 82.6 Å². The first kappa shape index (κ1) is 23.0. The molecule has 0 spiro atoms. The lowest BCUT2D eigenvalue weighted by Gasteiger charge is -2.26. The van der Waals surface area contributed by atoms with Gasteiger partial charge in [-0.15, -0.1) is 0 Å². The third-order valence-electron chi connectivity index (χ3n) is 6.31. The third kappa shape index (κ3) is 9.80. The maximum absolute atomic E-state index is 5.84. The highest BCUT2D eigenvalue weighted by Crippen LogP contribution is 2.32. The van der Waals surface area contributed by atoms with Crippen LogP contribution in [0.5, 0.6) is 5.75 Å². The van der Waals surface area contributed by atoms with Crippen molar-refractivity contribution >= 4 is 0 Å². The molecule has 0 amide bonds. The Kier molecular flexibility index (Phi) is 12.1. The minimum absolute atomic E-state index is 0.839. The largest absolute Gasteiger partial charge is 0.494 e. The molecule has 28 heavy (non-hydrogen) atoms. The summed E-state index contributed by atoms with van der Waals surface area (Å²) in [6.45, 7) is 5.40. The molecule has 1 aromatic carbocycles. The van der Waals surface area contributed by atoms with Gasteiger partial charge in [0.05, 0.1) is 6.61 Å². The summed E-state index contributed by atoms with van der Waals surface area (Å²) in [5.41, 5.74) is 1.42. The number of ether oxygens (including phenoxy) is 1. The fourth-order valence-corrected chi connectivity index (χ4v) is 4.36. The maximum atomic E-state index is 5.84. The van der Waals surface area contributed by atoms with Crippen molar-refractivity contribution in [3.05, 3.63) is 42.0 Å². The van der Waals surface area contributed by atoms with Crippen LogP contribution in [0.4, 0.5) is 0 Å². The van der Waals surface area contributed by atoms with Crippen LogP contribution in [0.25, 0.3) is 0 Å². The molecule has 0 radical (unpaired) electrons. The zero-order chi connectivity index (χ0) is 19.9. The van der Waals surface area contributed by atoms with E-state index in [0.29, 0.717) is 0 Å². The smallest absolute Gasteiger partial charge is 0.119 e. The molecule has 1 aromatic rings. The van der Waals surface area contributed by atoms with E-state index in [9.17, 15) is 0 Å². The molecule has 1 saturated carbocycles. The summed E-state index contributed by atoms with van der Waals surface area (Å²) in [5.74, 6) is 2.88. The zero-order valence-electron chi connectivity index (χ0n) is 18.6. The Hall–Kier alpha value is -1.24. The summed E-state index contributed by atoms with van der Waals surface area (Å²) in [5, 5.41) is 0. The van der Waals surface area contributed by atoms with Gasteiger partial charge in [-0.1, -0.05) is 83.1 Å². The second-order valence-corrected chi connectivity index (χ2v) is 8.80. The van der Waals surface area contributed by atoms with Crippen LogP contribution in [0.3, 0.4) is 0 Å². The van der Waals surface area contributed by atoms with Crippen LogP contribution in [0.2, 0.25) is 0 Å². The van der Waals surface area contributed by atoms with Crippen LogP contribution >= 0.6 is 0 Å². The molecule has 1 aliphatic carbocycles. The SMILES string of the molecule is CCCCCCOc1ccc(CCC=CC2CCC(CCCCC)CC2)cc1. The Morgan fingerprint density at radius 2 is 1.57 bits per heavy atom. The van der Waals surface area contributed by atoms with Crippen molar-refractivity contribution in [2.45, 2.75) is 104 Å². The molecule has 2 rings (SSSR count). The number of rotatable bonds is 14. The third-order valence-corrected chi connectivity index (χ3v) is 6.31. The van der Waals surface area contributed by atoms with E-state index in [2.05, 4.69) is 50.3 Å². The van der Waals surface area contributed by atoms with Crippen molar-refractivity contribution in [1.29, 1.82) is 0 Å². The van der Waals surface area contributed by atoms with E-state index >= 15 is 0 Å². The summed E-state index contributed by atoms with van der Waals surface area (Å²) in [6.07, 6.45) is 23.7. The lowest BCUT2D eigenvalue weighted by Crippen LogP contribution is -2.13. The van der Waals surface area contributed by atoms with Gasteiger partial charge in [0, 0.05) is 0 Å². The van der Waals surface area contributed by atoms with Crippen LogP contribution < -0.4 is 4.74 Å². The molecule has 0 atom stereocenters. The Bertz CT molecular complexity index is 508. The topological polar surface area (TPSA) is 9.23 Å². The Morgan fingerprint density at radius 1 is 0.857 bits per heavy atom. The number of hydrogen-bond donors (Lipinski definition) is 0. The van der Waals surface area contributed by atoms with Gasteiger partial charge in [-0.3, -0.25) is 0 Å². The van der Waals surface area contributed by atoms with Gasteiger partial charge in [0.1, 0.15) is 5.75 Å². The second kappa shape index (κ2) is 14.7. The van der Waals surface area contributed by atoms with Crippen molar-refractivity contribution in [2.75, 3.05) is 6.61 Å². The number of aryl methyl sites for hydroxylation is 1. The summed E-state index contributed by atoms with van der Waals surface area (Å²) < 4.78 is 5.84. The van der Waals surface area contributed by atoms with Gasteiger partial charge in [0.15, 0.2) is 0 Å². The number of allylic oxidation sites excluding steroid dienone is 2. The van der Waals surface area contributed by atoms with Crippen molar-refractivity contribution < 1.29 is 4.74 Å². The highest BCUT2D eigenvalue weighted by molar-refractivity contribution is 5.27. The van der Waals surface area contributed by atoms with Crippen LogP contribution in [0.15, 0.2) is 36.4 Å². The molecule has 0 aliphatic heterocycles. The molecule has 1 nitrogen and oxygen atoms in total. The number of benzene rings is 1. The minimum Gasteiger partial charge on any atom is -0.494 e. The summed E-state index contributed by atoms with van der Waals surface area (Å²) in [6, 6.07) is 8.74. The van der Waals surface area contributed by atoms with E-state index in [-0.39, 0.29) is 0 Å². The zero-order valence-corrected chi connectivity index (χ0v) is 18.6. The molecule has 1 aliphatic rings. The molecular weight excluding hydrogens is 340 g/mol. The first-order valence-electron chi connectivity index (χ1n) is 12.2. The quantitative estimate of drug-likeness (QED) is 0.231. The van der Waals surface area contributed by atoms with E-state index in [1.807, 2.05) is 0 Å². The molecule has 0 unspecified atom stereocenters. The molecule has 0 aromatic heterocycles. The van der Waals surface area contributed by atoms with Crippen LogP contribution in [0, 0.1) is 11.8 Å². The van der Waals surface area contributed by atoms with E-state index < -0.39 is 0 Å². The Labute approximate surface area is 175 Å². The fourth-order valence-electron chi connectivity index (χ4n) is 4.36. The summed E-state index contributed by atoms with van der Waals surface area (Å²) >= 11 is 0. The van der Waals surface area contributed by atoms with E-state index in [4.69, 9.17) is 4.74 Å². The average molecular weight is 385 g/mol. The first-order chi connectivity index (χ1) is 13.8. The number of unbranched alkanes of at least 4 members (excludes halogenated alkanes) is 5. The van der Waals surface area contributed by atoms with Crippen molar-refractivity contribution in [2.24, 2.45) is 11.8 Å². The van der Waals surface area contributed by atoms with Gasteiger partial charge in [-0.25, -0.2) is 0 Å². The van der Waals surface area contributed by atoms with Gasteiger partial charge < -0.3 is 4.74 Å². The van der Waals surface area contributed by atoms with Crippen molar-refractivity contribution in [1.82, 2.24) is 0 Å². The summed E-state index contributed by atoms with van der Waals surface area (Å²) in [4.78, 5) is 0. The standard InChI is InChI=1S/C27H44O/c1-3-5-7-11-23-28-27-21-19-26(20-22-27)14-10-9-13-25-17-15-24(16-18-25)12-8-6-4-2/h9,13,19-22,24-25H,3-8,10-12,14-18,23H2,1-2H3. The average Bonchev–Trinajstić information content (AvgIpc) is 2.73. The normalized spacial score (nSPS) is 19.9. The van der Waals surface area contributed by atoms with Crippen LogP contribution in [0.1, 0.15) is 103 Å². The highest BCUT2D eigenvalue weighted by atomic mass is 16.5.